The molecule has 1 unspecified atom stereocenters. The van der Waals surface area contributed by atoms with Crippen LogP contribution in [-0.4, -0.2) is 19.3 Å². The number of benzene rings is 2. The van der Waals surface area contributed by atoms with E-state index in [4.69, 9.17) is 9.47 Å². The third kappa shape index (κ3) is 3.52. The molecule has 0 aliphatic heterocycles. The van der Waals surface area contributed by atoms with Crippen LogP contribution in [0.3, 0.4) is 0 Å². The maximum Gasteiger partial charge on any atom is 0.128 e. The molecule has 4 heteroatoms. The highest BCUT2D eigenvalue weighted by Gasteiger charge is 2.27. The minimum absolute atomic E-state index is 0.285. The molecule has 0 saturated heterocycles. The summed E-state index contributed by atoms with van der Waals surface area (Å²) < 4.78 is 23.7. The molecule has 0 heterocycles. The van der Waals surface area contributed by atoms with Crippen molar-refractivity contribution in [3.8, 4) is 11.5 Å². The van der Waals surface area contributed by atoms with Gasteiger partial charge in [-0.2, -0.15) is 0 Å². The van der Waals surface area contributed by atoms with E-state index in [0.717, 1.165) is 5.56 Å². The van der Waals surface area contributed by atoms with Gasteiger partial charge in [0.25, 0.3) is 0 Å². The Bertz CT molecular complexity index is 623. The van der Waals surface area contributed by atoms with Gasteiger partial charge in [-0.25, -0.2) is 4.39 Å². The van der Waals surface area contributed by atoms with E-state index in [1.807, 2.05) is 0 Å². The van der Waals surface area contributed by atoms with E-state index in [-0.39, 0.29) is 12.2 Å². The van der Waals surface area contributed by atoms with Crippen LogP contribution in [0.1, 0.15) is 18.1 Å². The molecular weight excluding hydrogens is 271 g/mol. The zero-order valence-electron chi connectivity index (χ0n) is 12.4. The van der Waals surface area contributed by atoms with Gasteiger partial charge in [-0.15, -0.1) is 0 Å². The van der Waals surface area contributed by atoms with Gasteiger partial charge in [0.15, 0.2) is 0 Å². The lowest BCUT2D eigenvalue weighted by Gasteiger charge is -2.26. The maximum atomic E-state index is 13.3. The molecule has 0 fully saturated rings. The van der Waals surface area contributed by atoms with Crippen molar-refractivity contribution in [3.63, 3.8) is 0 Å². The van der Waals surface area contributed by atoms with Crippen LogP contribution in [0.15, 0.2) is 42.5 Å². The van der Waals surface area contributed by atoms with Crippen molar-refractivity contribution in [2.75, 3.05) is 14.2 Å². The first-order valence-corrected chi connectivity index (χ1v) is 6.65. The van der Waals surface area contributed by atoms with Gasteiger partial charge >= 0.3 is 0 Å². The van der Waals surface area contributed by atoms with Gasteiger partial charge in [0, 0.05) is 18.1 Å². The second-order valence-electron chi connectivity index (χ2n) is 5.15. The Morgan fingerprint density at radius 1 is 1.10 bits per heavy atom. The van der Waals surface area contributed by atoms with Crippen molar-refractivity contribution in [2.24, 2.45) is 0 Å². The summed E-state index contributed by atoms with van der Waals surface area (Å²) in [5, 5.41) is 10.8. The minimum Gasteiger partial charge on any atom is -0.497 e. The van der Waals surface area contributed by atoms with Gasteiger partial charge in [0.1, 0.15) is 17.3 Å². The molecule has 0 radical (unpaired) electrons. The quantitative estimate of drug-likeness (QED) is 0.918. The Morgan fingerprint density at radius 2 is 1.86 bits per heavy atom. The van der Waals surface area contributed by atoms with Crippen LogP contribution in [-0.2, 0) is 12.0 Å². The fourth-order valence-corrected chi connectivity index (χ4v) is 2.38. The largest absolute Gasteiger partial charge is 0.497 e. The predicted molar refractivity (Wildman–Crippen MR) is 79.2 cm³/mol. The third-order valence-corrected chi connectivity index (χ3v) is 3.43. The molecule has 0 aromatic heterocycles. The van der Waals surface area contributed by atoms with Crippen LogP contribution >= 0.6 is 0 Å². The van der Waals surface area contributed by atoms with Crippen molar-refractivity contribution in [1.29, 1.82) is 0 Å². The average molecular weight is 290 g/mol. The van der Waals surface area contributed by atoms with Crippen LogP contribution in [0.4, 0.5) is 4.39 Å². The normalized spacial score (nSPS) is 13.6. The molecule has 0 spiro atoms. The molecule has 2 aromatic carbocycles. The van der Waals surface area contributed by atoms with Crippen LogP contribution in [0, 0.1) is 5.82 Å². The summed E-state index contributed by atoms with van der Waals surface area (Å²) in [6.45, 7) is 1.68. The maximum absolute atomic E-state index is 13.3. The highest BCUT2D eigenvalue weighted by molar-refractivity contribution is 5.44. The molecule has 2 aromatic rings. The SMILES string of the molecule is COc1ccc(C(C)(O)Cc2cccc(F)c2)c(OC)c1. The van der Waals surface area contributed by atoms with E-state index < -0.39 is 5.60 Å². The Balaban J connectivity index is 2.34. The van der Waals surface area contributed by atoms with Crippen molar-refractivity contribution >= 4 is 0 Å². The fourth-order valence-electron chi connectivity index (χ4n) is 2.38. The van der Waals surface area contributed by atoms with E-state index in [2.05, 4.69) is 0 Å². The van der Waals surface area contributed by atoms with Gasteiger partial charge in [0.2, 0.25) is 0 Å². The first-order chi connectivity index (χ1) is 9.96. The number of halogens is 1. The number of ether oxygens (including phenoxy) is 2. The molecule has 0 saturated carbocycles. The number of rotatable bonds is 5. The van der Waals surface area contributed by atoms with Gasteiger partial charge in [-0.3, -0.25) is 0 Å². The lowest BCUT2D eigenvalue weighted by atomic mass is 9.88. The standard InChI is InChI=1S/C17H19FO3/c1-17(19,11-12-5-4-6-13(18)9-12)15-8-7-14(20-2)10-16(15)21-3/h4-10,19H,11H2,1-3H3. The highest BCUT2D eigenvalue weighted by atomic mass is 19.1. The molecule has 0 aliphatic carbocycles. The van der Waals surface area contributed by atoms with E-state index in [1.54, 1.807) is 44.4 Å². The molecule has 1 N–H and O–H groups in total. The topological polar surface area (TPSA) is 38.7 Å². The number of methoxy groups -OCH3 is 2. The third-order valence-electron chi connectivity index (χ3n) is 3.43. The van der Waals surface area contributed by atoms with Gasteiger partial charge in [-0.1, -0.05) is 12.1 Å². The van der Waals surface area contributed by atoms with E-state index in [9.17, 15) is 9.50 Å². The number of hydrogen-bond donors (Lipinski definition) is 1. The summed E-state index contributed by atoms with van der Waals surface area (Å²) in [6.07, 6.45) is 0.285. The molecule has 3 nitrogen and oxygen atoms in total. The van der Waals surface area contributed by atoms with Crippen LogP contribution in [0.25, 0.3) is 0 Å². The van der Waals surface area contributed by atoms with Crippen molar-refractivity contribution in [3.05, 3.63) is 59.4 Å². The van der Waals surface area contributed by atoms with Crippen LogP contribution in [0.2, 0.25) is 0 Å². The smallest absolute Gasteiger partial charge is 0.128 e. The summed E-state index contributed by atoms with van der Waals surface area (Å²) >= 11 is 0. The van der Waals surface area contributed by atoms with Crippen molar-refractivity contribution < 1.29 is 19.0 Å². The van der Waals surface area contributed by atoms with E-state index in [0.29, 0.717) is 17.1 Å². The van der Waals surface area contributed by atoms with Gasteiger partial charge < -0.3 is 14.6 Å². The zero-order valence-corrected chi connectivity index (χ0v) is 12.4. The molecular formula is C17H19FO3. The van der Waals surface area contributed by atoms with E-state index in [1.165, 1.54) is 19.2 Å². The minimum atomic E-state index is -1.18. The first-order valence-electron chi connectivity index (χ1n) is 6.65. The van der Waals surface area contributed by atoms with Gasteiger partial charge in [0.05, 0.1) is 19.8 Å². The summed E-state index contributed by atoms with van der Waals surface area (Å²) in [5.74, 6) is 0.873. The number of hydrogen-bond acceptors (Lipinski definition) is 3. The Kier molecular flexibility index (Phi) is 4.48. The molecule has 0 bridgehead atoms. The monoisotopic (exact) mass is 290 g/mol. The van der Waals surface area contributed by atoms with Crippen molar-refractivity contribution in [1.82, 2.24) is 0 Å². The highest BCUT2D eigenvalue weighted by Crippen LogP contribution is 2.35. The molecule has 1 atom stereocenters. The summed E-state index contributed by atoms with van der Waals surface area (Å²) in [4.78, 5) is 0. The van der Waals surface area contributed by atoms with Crippen LogP contribution < -0.4 is 9.47 Å². The Hall–Kier alpha value is -2.07. The lowest BCUT2D eigenvalue weighted by Crippen LogP contribution is -2.25. The van der Waals surface area contributed by atoms with Gasteiger partial charge in [-0.05, 0) is 36.8 Å². The molecule has 21 heavy (non-hydrogen) atoms. The number of aliphatic hydroxyl groups is 1. The predicted octanol–water partition coefficient (Wildman–Crippen LogP) is 3.29. The van der Waals surface area contributed by atoms with E-state index >= 15 is 0 Å². The van der Waals surface area contributed by atoms with Crippen LogP contribution in [0.5, 0.6) is 11.5 Å². The summed E-state index contributed by atoms with van der Waals surface area (Å²) in [7, 11) is 3.11. The second-order valence-corrected chi connectivity index (χ2v) is 5.15. The summed E-state index contributed by atoms with van der Waals surface area (Å²) in [6, 6.07) is 11.5. The average Bonchev–Trinajstić information content (AvgIpc) is 2.46. The molecule has 0 aliphatic rings. The summed E-state index contributed by atoms with van der Waals surface area (Å²) in [5.41, 5.74) is 0.179. The Labute approximate surface area is 124 Å². The van der Waals surface area contributed by atoms with Crippen molar-refractivity contribution in [2.45, 2.75) is 18.9 Å². The Morgan fingerprint density at radius 3 is 2.48 bits per heavy atom. The molecule has 2 rings (SSSR count). The molecule has 0 amide bonds. The first kappa shape index (κ1) is 15.3. The molecule has 112 valence electrons. The zero-order chi connectivity index (χ0) is 15.5. The lowest BCUT2D eigenvalue weighted by molar-refractivity contribution is 0.0548. The second kappa shape index (κ2) is 6.14. The fraction of sp³-hybridized carbons (Fsp3) is 0.294.